The van der Waals surface area contributed by atoms with Gasteiger partial charge in [0.25, 0.3) is 22.2 Å². The minimum Gasteiger partial charge on any atom is -0.494 e. The Morgan fingerprint density at radius 2 is 0.681 bits per heavy atom. The Morgan fingerprint density at radius 1 is 0.375 bits per heavy atom. The van der Waals surface area contributed by atoms with Gasteiger partial charge in [-0.2, -0.15) is 0 Å². The number of rotatable bonds is 26. The molecule has 4 bridgehead atoms. The Morgan fingerprint density at radius 3 is 1.10 bits per heavy atom. The normalized spacial score (nSPS) is 13.1. The molecule has 10 nitrogen and oxygen atoms in total. The van der Waals surface area contributed by atoms with Gasteiger partial charge in [-0.15, -0.1) is 0 Å². The van der Waals surface area contributed by atoms with Crippen LogP contribution in [-0.2, 0) is 9.47 Å². The molecule has 0 aliphatic rings. The van der Waals surface area contributed by atoms with Crippen molar-refractivity contribution in [3.63, 3.8) is 0 Å². The lowest BCUT2D eigenvalue weighted by Crippen LogP contribution is -2.39. The van der Waals surface area contributed by atoms with E-state index in [0.717, 1.165) is 110 Å². The lowest BCUT2D eigenvalue weighted by atomic mass is 9.85. The second kappa shape index (κ2) is 23.2. The number of benzene rings is 7. The van der Waals surface area contributed by atoms with Crippen molar-refractivity contribution in [1.82, 2.24) is 9.13 Å². The van der Waals surface area contributed by atoms with Gasteiger partial charge < -0.3 is 18.9 Å². The smallest absolute Gasteiger partial charge is 0.261 e. The van der Waals surface area contributed by atoms with E-state index in [2.05, 4.69) is 59.6 Å². The number of pyridine rings is 1. The first kappa shape index (κ1) is 51.5. The van der Waals surface area contributed by atoms with Crippen molar-refractivity contribution in [3.05, 3.63) is 147 Å². The third-order valence-corrected chi connectivity index (χ3v) is 15.1. The maximum absolute atomic E-state index is 15.2. The van der Waals surface area contributed by atoms with Gasteiger partial charge >= 0.3 is 0 Å². The fourth-order valence-corrected chi connectivity index (χ4v) is 11.3. The molecule has 0 unspecified atom stereocenters. The highest BCUT2D eigenvalue weighted by molar-refractivity contribution is 9.10. The van der Waals surface area contributed by atoms with Crippen LogP contribution in [0, 0.1) is 11.8 Å². The molecule has 0 radical (unpaired) electrons. The van der Waals surface area contributed by atoms with E-state index < -0.39 is 12.1 Å². The van der Waals surface area contributed by atoms with Crippen LogP contribution in [0.3, 0.4) is 0 Å². The summed E-state index contributed by atoms with van der Waals surface area (Å²) in [6.07, 6.45) is 8.76. The molecule has 0 saturated heterocycles. The summed E-state index contributed by atoms with van der Waals surface area (Å²) in [5, 5.41) is 7.98. The van der Waals surface area contributed by atoms with Gasteiger partial charge in [0.15, 0.2) is 0 Å². The standard InChI is InChI=1S/C60H64Br2N2O8/c1-37(2)33-41(35-69-29-9-5-7-11-31-71-43-17-13-39(61)14-18-43)63-57(65)48-24-21-45-46-22-26-51-56-52(28-25-49(54(46)56)55-50(58(63)66)27-23-47(48)53(45)55)60(68)64(59(51)67)42(34-38(3)4)36-70-30-10-6-8-12-32-72-44-19-15-40(62)16-20-44/h13-28,37-38,41-42H,5-12,29-36H2,1-4H3/t41-,42-/m0/s1. The molecular formula is C60H64Br2N2O8. The van der Waals surface area contributed by atoms with Crippen LogP contribution in [0.15, 0.2) is 125 Å². The summed E-state index contributed by atoms with van der Waals surface area (Å²) in [4.78, 5) is 59.5. The van der Waals surface area contributed by atoms with Crippen LogP contribution < -0.4 is 31.7 Å². The summed E-state index contributed by atoms with van der Waals surface area (Å²) >= 11 is 6.91. The molecule has 0 aliphatic heterocycles. The Bertz CT molecular complexity index is 3470. The van der Waals surface area contributed by atoms with Gasteiger partial charge in [-0.25, -0.2) is 0 Å². The largest absolute Gasteiger partial charge is 0.494 e. The Balaban J connectivity index is 0.975. The molecule has 10 rings (SSSR count). The molecule has 376 valence electrons. The first-order valence-corrected chi connectivity index (χ1v) is 27.4. The van der Waals surface area contributed by atoms with Crippen LogP contribution in [0.25, 0.3) is 64.6 Å². The van der Waals surface area contributed by atoms with Crippen molar-refractivity contribution in [2.24, 2.45) is 11.8 Å². The SMILES string of the molecule is CC(C)C[C@@H](COCCCCCCOc1ccc(Br)cc1)n1c(=O)c2ccc3c4ccc5c(=O)n([C@H](COCCCCCCOc6ccc(Br)cc6)CC(C)C)c(=O)c6ccc5c4c6c4ccc(c1=O)c2c34. The summed E-state index contributed by atoms with van der Waals surface area (Å²) in [5.41, 5.74) is -1.39. The lowest BCUT2D eigenvalue weighted by molar-refractivity contribution is 0.0898. The van der Waals surface area contributed by atoms with Crippen molar-refractivity contribution >= 4 is 96.5 Å². The Kier molecular flexibility index (Phi) is 16.6. The fourth-order valence-electron chi connectivity index (χ4n) is 10.8. The molecule has 3 aromatic heterocycles. The van der Waals surface area contributed by atoms with Gasteiger partial charge in [0, 0.05) is 54.5 Å². The monoisotopic (exact) mass is 1100 g/mol. The highest BCUT2D eigenvalue weighted by Crippen LogP contribution is 2.44. The van der Waals surface area contributed by atoms with E-state index in [1.165, 1.54) is 9.13 Å². The molecule has 0 fully saturated rings. The highest BCUT2D eigenvalue weighted by Gasteiger charge is 2.27. The van der Waals surface area contributed by atoms with E-state index in [1.54, 1.807) is 0 Å². The van der Waals surface area contributed by atoms with E-state index in [1.807, 2.05) is 97.1 Å². The number of halogens is 2. The van der Waals surface area contributed by atoms with Gasteiger partial charge in [0.05, 0.1) is 38.5 Å². The lowest BCUT2D eigenvalue weighted by Gasteiger charge is -2.24. The number of hydrogen-bond donors (Lipinski definition) is 0. The number of ether oxygens (including phenoxy) is 4. The number of nitrogens with zero attached hydrogens (tertiary/aromatic N) is 2. The van der Waals surface area contributed by atoms with Crippen LogP contribution in [0.2, 0.25) is 0 Å². The summed E-state index contributed by atoms with van der Waals surface area (Å²) in [6, 6.07) is 29.9. The first-order valence-electron chi connectivity index (χ1n) is 25.8. The quantitative estimate of drug-likeness (QED) is 0.0299. The van der Waals surface area contributed by atoms with E-state index in [4.69, 9.17) is 18.9 Å². The minimum absolute atomic E-state index is 0.186. The van der Waals surface area contributed by atoms with Crippen molar-refractivity contribution < 1.29 is 18.9 Å². The van der Waals surface area contributed by atoms with Crippen LogP contribution in [0.4, 0.5) is 0 Å². The third kappa shape index (κ3) is 10.9. The maximum atomic E-state index is 15.2. The van der Waals surface area contributed by atoms with Gasteiger partial charge in [-0.1, -0.05) is 96.7 Å². The molecular weight excluding hydrogens is 1040 g/mol. The first-order chi connectivity index (χ1) is 34.9. The second-order valence-corrected chi connectivity index (χ2v) is 22.1. The molecule has 0 saturated carbocycles. The molecule has 7 aromatic carbocycles. The summed E-state index contributed by atoms with van der Waals surface area (Å²) < 4.78 is 29.2. The van der Waals surface area contributed by atoms with Crippen molar-refractivity contribution in [2.75, 3.05) is 39.6 Å². The molecule has 0 amide bonds. The molecule has 2 atom stereocenters. The maximum Gasteiger partial charge on any atom is 0.261 e. The topological polar surface area (TPSA) is 115 Å². The molecule has 0 N–H and O–H groups in total. The molecule has 12 heteroatoms. The van der Waals surface area contributed by atoms with E-state index in [-0.39, 0.29) is 47.3 Å². The molecule has 10 aromatic rings. The zero-order valence-electron chi connectivity index (χ0n) is 41.8. The number of unbranched alkanes of at least 4 members (excludes halogenated alkanes) is 6. The van der Waals surface area contributed by atoms with Gasteiger partial charge in [-0.05, 0) is 168 Å². The number of aromatic nitrogens is 2. The number of hydrogen-bond acceptors (Lipinski definition) is 8. The zero-order valence-corrected chi connectivity index (χ0v) is 44.9. The van der Waals surface area contributed by atoms with Crippen LogP contribution >= 0.6 is 31.9 Å². The number of fused-ring (bicyclic) bond motifs is 4. The van der Waals surface area contributed by atoms with Gasteiger partial charge in [-0.3, -0.25) is 28.3 Å². The van der Waals surface area contributed by atoms with Crippen molar-refractivity contribution in [3.8, 4) is 11.5 Å². The Hall–Kier alpha value is -5.40. The Labute approximate surface area is 436 Å². The van der Waals surface area contributed by atoms with Crippen molar-refractivity contribution in [1.29, 1.82) is 0 Å². The fraction of sp³-hybridized carbons (Fsp3) is 0.400. The highest BCUT2D eigenvalue weighted by atomic mass is 79.9. The summed E-state index contributed by atoms with van der Waals surface area (Å²) in [5.74, 6) is 2.11. The van der Waals surface area contributed by atoms with Crippen LogP contribution in [0.1, 0.15) is 104 Å². The predicted octanol–water partition coefficient (Wildman–Crippen LogP) is 14.0. The van der Waals surface area contributed by atoms with E-state index >= 15 is 4.79 Å². The second-order valence-electron chi connectivity index (χ2n) is 20.3. The van der Waals surface area contributed by atoms with Gasteiger partial charge in [0.2, 0.25) is 0 Å². The average molecular weight is 1100 g/mol. The van der Waals surface area contributed by atoms with E-state index in [0.29, 0.717) is 66.2 Å². The minimum atomic E-state index is -0.492. The zero-order chi connectivity index (χ0) is 50.5. The molecule has 0 spiro atoms. The summed E-state index contributed by atoms with van der Waals surface area (Å²) in [6.45, 7) is 11.2. The van der Waals surface area contributed by atoms with E-state index in [9.17, 15) is 14.4 Å². The van der Waals surface area contributed by atoms with Crippen molar-refractivity contribution in [2.45, 2.75) is 104 Å². The average Bonchev–Trinajstić information content (AvgIpc) is 3.36. The predicted molar refractivity (Wildman–Crippen MR) is 301 cm³/mol. The summed E-state index contributed by atoms with van der Waals surface area (Å²) in [7, 11) is 0. The van der Waals surface area contributed by atoms with Gasteiger partial charge in [0.1, 0.15) is 11.5 Å². The third-order valence-electron chi connectivity index (χ3n) is 14.1. The molecule has 3 heterocycles. The van der Waals surface area contributed by atoms with Crippen LogP contribution in [0.5, 0.6) is 11.5 Å². The van der Waals surface area contributed by atoms with Crippen LogP contribution in [-0.4, -0.2) is 48.8 Å². The molecule has 72 heavy (non-hydrogen) atoms. The molecule has 0 aliphatic carbocycles.